The number of likely N-dealkylation sites (tertiary alicyclic amines) is 1. The number of aromatic nitrogens is 1. The van der Waals surface area contributed by atoms with E-state index >= 15 is 0 Å². The van der Waals surface area contributed by atoms with Crippen LogP contribution in [0, 0.1) is 18.3 Å². The summed E-state index contributed by atoms with van der Waals surface area (Å²) >= 11 is 0. The van der Waals surface area contributed by atoms with E-state index in [1.54, 1.807) is 13.0 Å². The van der Waals surface area contributed by atoms with Crippen molar-refractivity contribution < 1.29 is 24.0 Å². The number of ketones is 1. The summed E-state index contributed by atoms with van der Waals surface area (Å²) in [7, 11) is 0. The number of rotatable bonds is 8. The minimum Gasteiger partial charge on any atom is -0.391 e. The van der Waals surface area contributed by atoms with E-state index in [2.05, 4.69) is 10.5 Å². The van der Waals surface area contributed by atoms with Gasteiger partial charge in [0.05, 0.1) is 17.8 Å². The maximum absolute atomic E-state index is 13.8. The molecule has 8 nitrogen and oxygen atoms in total. The van der Waals surface area contributed by atoms with Crippen molar-refractivity contribution in [3.05, 3.63) is 53.4 Å². The largest absolute Gasteiger partial charge is 0.391 e. The van der Waals surface area contributed by atoms with Gasteiger partial charge in [-0.25, -0.2) is 0 Å². The van der Waals surface area contributed by atoms with Crippen molar-refractivity contribution in [2.75, 3.05) is 6.54 Å². The molecule has 0 spiro atoms. The number of nitrogens with zero attached hydrogens (tertiary/aromatic N) is 2. The monoisotopic (exact) mass is 483 g/mol. The molecule has 1 aliphatic heterocycles. The summed E-state index contributed by atoms with van der Waals surface area (Å²) in [4.78, 5) is 41.3. The molecule has 1 saturated heterocycles. The summed E-state index contributed by atoms with van der Waals surface area (Å²) in [6, 6.07) is 9.68. The molecule has 8 heteroatoms. The first-order valence-corrected chi connectivity index (χ1v) is 12.2. The number of hydrogen-bond donors (Lipinski definition) is 2. The first-order chi connectivity index (χ1) is 16.4. The molecule has 3 rings (SSSR count). The molecule has 2 heterocycles. The molecule has 4 atom stereocenters. The zero-order valence-electron chi connectivity index (χ0n) is 21.4. The summed E-state index contributed by atoms with van der Waals surface area (Å²) in [5.41, 5.74) is 0.975. The van der Waals surface area contributed by atoms with Crippen molar-refractivity contribution in [1.82, 2.24) is 15.4 Å². The Bertz CT molecular complexity index is 1040. The smallest absolute Gasteiger partial charge is 0.243 e. The number of aliphatic hydroxyl groups is 1. The Morgan fingerprint density at radius 3 is 2.40 bits per heavy atom. The van der Waals surface area contributed by atoms with Gasteiger partial charge in [0, 0.05) is 31.4 Å². The molecule has 0 bridgehead atoms. The van der Waals surface area contributed by atoms with E-state index in [1.807, 2.05) is 65.0 Å². The molecule has 0 radical (unpaired) electrons. The van der Waals surface area contributed by atoms with E-state index in [0.717, 1.165) is 5.56 Å². The topological polar surface area (TPSA) is 113 Å². The Labute approximate surface area is 207 Å². The number of nitrogens with one attached hydrogen (secondary N) is 1. The molecule has 2 amide bonds. The van der Waals surface area contributed by atoms with Crippen LogP contribution in [0.2, 0.25) is 0 Å². The molecular formula is C27H37N3O5. The third-order valence-electron chi connectivity index (χ3n) is 6.48. The Kier molecular flexibility index (Phi) is 8.15. The van der Waals surface area contributed by atoms with Gasteiger partial charge in [-0.15, -0.1) is 0 Å². The highest BCUT2D eigenvalue weighted by Crippen LogP contribution is 2.38. The van der Waals surface area contributed by atoms with Crippen LogP contribution in [-0.2, 0) is 14.4 Å². The van der Waals surface area contributed by atoms with Gasteiger partial charge in [-0.3, -0.25) is 14.4 Å². The normalized spacial score (nSPS) is 20.1. The maximum Gasteiger partial charge on any atom is 0.243 e. The van der Waals surface area contributed by atoms with E-state index in [1.165, 1.54) is 4.90 Å². The molecular weight excluding hydrogens is 446 g/mol. The second-order valence-electron chi connectivity index (χ2n) is 10.9. The van der Waals surface area contributed by atoms with Gasteiger partial charge in [-0.1, -0.05) is 70.1 Å². The third-order valence-corrected chi connectivity index (χ3v) is 6.48. The molecule has 1 aromatic heterocycles. The van der Waals surface area contributed by atoms with E-state index in [9.17, 15) is 19.5 Å². The highest BCUT2D eigenvalue weighted by molar-refractivity contribution is 5.92. The lowest BCUT2D eigenvalue weighted by molar-refractivity contribution is -0.142. The van der Waals surface area contributed by atoms with E-state index in [-0.39, 0.29) is 42.9 Å². The van der Waals surface area contributed by atoms with Crippen LogP contribution in [0.4, 0.5) is 0 Å². The third kappa shape index (κ3) is 6.36. The van der Waals surface area contributed by atoms with Crippen molar-refractivity contribution in [1.29, 1.82) is 0 Å². The summed E-state index contributed by atoms with van der Waals surface area (Å²) < 4.78 is 5.45. The van der Waals surface area contributed by atoms with E-state index in [4.69, 9.17) is 4.52 Å². The van der Waals surface area contributed by atoms with Gasteiger partial charge in [0.15, 0.2) is 0 Å². The first kappa shape index (κ1) is 26.6. The fourth-order valence-electron chi connectivity index (χ4n) is 4.55. The Hall–Kier alpha value is -3.00. The lowest BCUT2D eigenvalue weighted by atomic mass is 9.78. The molecule has 35 heavy (non-hydrogen) atoms. The maximum atomic E-state index is 13.8. The number of aliphatic hydroxyl groups excluding tert-OH is 1. The lowest BCUT2D eigenvalue weighted by Gasteiger charge is -2.34. The van der Waals surface area contributed by atoms with Gasteiger partial charge in [0.2, 0.25) is 11.8 Å². The quantitative estimate of drug-likeness (QED) is 0.594. The minimum atomic E-state index is -0.855. The van der Waals surface area contributed by atoms with Gasteiger partial charge in [-0.2, -0.15) is 0 Å². The van der Waals surface area contributed by atoms with Crippen LogP contribution < -0.4 is 5.32 Å². The summed E-state index contributed by atoms with van der Waals surface area (Å²) in [5.74, 6) is -1.04. The Balaban J connectivity index is 1.86. The molecule has 1 aliphatic rings. The van der Waals surface area contributed by atoms with Gasteiger partial charge < -0.3 is 19.8 Å². The van der Waals surface area contributed by atoms with Crippen LogP contribution in [0.25, 0.3) is 0 Å². The average Bonchev–Trinajstić information content (AvgIpc) is 3.38. The van der Waals surface area contributed by atoms with Crippen LogP contribution in [0.1, 0.15) is 76.4 Å². The highest BCUT2D eigenvalue weighted by atomic mass is 16.5. The molecule has 0 saturated carbocycles. The molecule has 2 aromatic rings. The van der Waals surface area contributed by atoms with Gasteiger partial charge in [0.25, 0.3) is 0 Å². The molecule has 1 unspecified atom stereocenters. The predicted octanol–water partition coefficient (Wildman–Crippen LogP) is 3.55. The predicted molar refractivity (Wildman–Crippen MR) is 131 cm³/mol. The number of carbonyl (C=O) groups excluding carboxylic acids is 3. The lowest BCUT2D eigenvalue weighted by Crippen LogP contribution is -2.49. The number of Topliss-reactive ketones (excluding diaryl/α,β-unsaturated/α-hetero) is 1. The number of hydrogen-bond acceptors (Lipinski definition) is 6. The van der Waals surface area contributed by atoms with Crippen molar-refractivity contribution >= 4 is 17.6 Å². The number of amides is 2. The fraction of sp³-hybridized carbons (Fsp3) is 0.556. The number of carbonyl (C=O) groups is 3. The molecule has 0 aliphatic carbocycles. The highest BCUT2D eigenvalue weighted by Gasteiger charge is 2.46. The van der Waals surface area contributed by atoms with Crippen LogP contribution in [-0.4, -0.2) is 51.5 Å². The Morgan fingerprint density at radius 2 is 1.86 bits per heavy atom. The minimum absolute atomic E-state index is 0.0343. The van der Waals surface area contributed by atoms with Crippen LogP contribution in [0.5, 0.6) is 0 Å². The van der Waals surface area contributed by atoms with Crippen molar-refractivity contribution in [3.8, 4) is 0 Å². The number of aryl methyl sites for hydroxylation is 1. The van der Waals surface area contributed by atoms with Gasteiger partial charge in [-0.05, 0) is 17.9 Å². The Morgan fingerprint density at radius 1 is 1.20 bits per heavy atom. The average molecular weight is 484 g/mol. The first-order valence-electron chi connectivity index (χ1n) is 12.2. The molecule has 1 aromatic carbocycles. The molecule has 2 N–H and O–H groups in total. The fourth-order valence-corrected chi connectivity index (χ4v) is 4.55. The second kappa shape index (κ2) is 10.7. The van der Waals surface area contributed by atoms with Crippen LogP contribution in [0.15, 0.2) is 40.9 Å². The molecule has 1 fully saturated rings. The molecule has 190 valence electrons. The summed E-state index contributed by atoms with van der Waals surface area (Å²) in [6.07, 6.45) is -0.540. The SMILES string of the molecule is Cc1cc([C@H](C(=O)N2CC(O)C[C@H]2C(=O)N[C@@H](CC(=O)C(C)C)c2ccccc2)C(C)(C)C)on1. The van der Waals surface area contributed by atoms with Crippen molar-refractivity contribution in [2.45, 2.75) is 78.5 Å². The zero-order chi connectivity index (χ0) is 25.9. The number of benzene rings is 1. The number of β-amino-alcohol motifs (C(OH)–C–C–N with tert-alkyl or cyclic N) is 1. The van der Waals surface area contributed by atoms with Crippen LogP contribution in [0.3, 0.4) is 0 Å². The zero-order valence-corrected chi connectivity index (χ0v) is 21.4. The second-order valence-corrected chi connectivity index (χ2v) is 10.9. The van der Waals surface area contributed by atoms with Crippen LogP contribution >= 0.6 is 0 Å². The summed E-state index contributed by atoms with van der Waals surface area (Å²) in [6.45, 7) is 11.3. The van der Waals surface area contributed by atoms with Gasteiger partial charge in [0.1, 0.15) is 23.5 Å². The van der Waals surface area contributed by atoms with Crippen molar-refractivity contribution in [3.63, 3.8) is 0 Å². The van der Waals surface area contributed by atoms with Crippen molar-refractivity contribution in [2.24, 2.45) is 11.3 Å². The van der Waals surface area contributed by atoms with E-state index in [0.29, 0.717) is 11.5 Å². The standard InChI is InChI=1S/C27H37N3O5/c1-16(2)22(32)14-20(18-10-8-7-9-11-18)28-25(33)21-13-19(31)15-30(21)26(34)24(27(4,5)6)23-12-17(3)29-35-23/h7-12,16,19-21,24,31H,13-15H2,1-6H3,(H,28,33)/t19?,20-,21-,24+/m0/s1. The van der Waals surface area contributed by atoms with Gasteiger partial charge >= 0.3 is 0 Å². The van der Waals surface area contributed by atoms with E-state index < -0.39 is 29.5 Å². The summed E-state index contributed by atoms with van der Waals surface area (Å²) in [5, 5.41) is 17.4.